The Morgan fingerprint density at radius 3 is 2.61 bits per heavy atom. The zero-order chi connectivity index (χ0) is 13.8. The lowest BCUT2D eigenvalue weighted by atomic mass is 10.1. The lowest BCUT2D eigenvalue weighted by Gasteiger charge is -2.15. The second kappa shape index (κ2) is 6.33. The van der Waals surface area contributed by atoms with Crippen LogP contribution in [0.4, 0.5) is 13.2 Å². The molecule has 0 bridgehead atoms. The topological polar surface area (TPSA) is 35.2 Å². The molecule has 0 amide bonds. The molecule has 102 valence electrons. The molecule has 0 fully saturated rings. The van der Waals surface area contributed by atoms with Crippen molar-refractivity contribution in [2.75, 3.05) is 12.4 Å². The number of hydrogen-bond acceptors (Lipinski definition) is 3. The highest BCUT2D eigenvalue weighted by molar-refractivity contribution is 8.00. The van der Waals surface area contributed by atoms with E-state index < -0.39 is 5.51 Å². The van der Waals surface area contributed by atoms with Gasteiger partial charge in [0, 0.05) is 17.4 Å². The van der Waals surface area contributed by atoms with Gasteiger partial charge in [-0.05, 0) is 37.2 Å². The van der Waals surface area contributed by atoms with Crippen molar-refractivity contribution >= 4 is 11.8 Å². The van der Waals surface area contributed by atoms with Gasteiger partial charge in [0.2, 0.25) is 0 Å². The summed E-state index contributed by atoms with van der Waals surface area (Å²) in [5.74, 6) is 0.434. The molecule has 0 aliphatic carbocycles. The van der Waals surface area contributed by atoms with Crippen molar-refractivity contribution in [1.82, 2.24) is 0 Å². The molecule has 0 aromatic heterocycles. The van der Waals surface area contributed by atoms with Crippen molar-refractivity contribution in [2.45, 2.75) is 25.4 Å². The predicted octanol–water partition coefficient (Wildman–Crippen LogP) is 3.65. The monoisotopic (exact) mass is 279 g/mol. The maximum Gasteiger partial charge on any atom is 0.441 e. The van der Waals surface area contributed by atoms with Crippen molar-refractivity contribution in [3.05, 3.63) is 29.3 Å². The molecule has 0 spiro atoms. The minimum Gasteiger partial charge on any atom is -0.492 e. The fourth-order valence-electron chi connectivity index (χ4n) is 1.45. The Morgan fingerprint density at radius 2 is 2.06 bits per heavy atom. The fraction of sp³-hybridized carbons (Fsp3) is 0.500. The SMILES string of the molecule is Cc1ccc([C@H](C)N)c(OCCSC(F)(F)F)c1. The largest absolute Gasteiger partial charge is 0.492 e. The second-order valence-electron chi connectivity index (χ2n) is 3.97. The predicted molar refractivity (Wildman–Crippen MR) is 67.8 cm³/mol. The van der Waals surface area contributed by atoms with Crippen LogP contribution in [0.5, 0.6) is 5.75 Å². The quantitative estimate of drug-likeness (QED) is 0.836. The van der Waals surface area contributed by atoms with Gasteiger partial charge in [-0.15, -0.1) is 0 Å². The van der Waals surface area contributed by atoms with E-state index >= 15 is 0 Å². The van der Waals surface area contributed by atoms with Crippen molar-refractivity contribution in [2.24, 2.45) is 5.73 Å². The van der Waals surface area contributed by atoms with Gasteiger partial charge in [0.25, 0.3) is 0 Å². The first-order chi connectivity index (χ1) is 8.29. The van der Waals surface area contributed by atoms with Gasteiger partial charge in [-0.2, -0.15) is 13.2 Å². The Kier molecular flexibility index (Phi) is 5.34. The minimum absolute atomic E-state index is 0.00729. The molecule has 6 heteroatoms. The van der Waals surface area contributed by atoms with Gasteiger partial charge in [-0.25, -0.2) is 0 Å². The van der Waals surface area contributed by atoms with Gasteiger partial charge in [0.05, 0.1) is 6.61 Å². The van der Waals surface area contributed by atoms with Crippen LogP contribution < -0.4 is 10.5 Å². The third-order valence-corrected chi connectivity index (χ3v) is 2.96. The lowest BCUT2D eigenvalue weighted by molar-refractivity contribution is -0.0329. The first kappa shape index (κ1) is 15.2. The Balaban J connectivity index is 2.58. The summed E-state index contributed by atoms with van der Waals surface area (Å²) < 4.78 is 41.2. The standard InChI is InChI=1S/C12H16F3NOS/c1-8-3-4-10(9(2)16)11(7-8)17-5-6-18-12(13,14)15/h3-4,7,9H,5-6,16H2,1-2H3/t9-/m0/s1. The molecule has 1 atom stereocenters. The summed E-state index contributed by atoms with van der Waals surface area (Å²) in [6, 6.07) is 5.31. The zero-order valence-corrected chi connectivity index (χ0v) is 11.1. The molecule has 0 radical (unpaired) electrons. The highest BCUT2D eigenvalue weighted by Gasteiger charge is 2.27. The Morgan fingerprint density at radius 1 is 1.39 bits per heavy atom. The molecule has 0 saturated carbocycles. The van der Waals surface area contributed by atoms with E-state index in [-0.39, 0.29) is 30.2 Å². The van der Waals surface area contributed by atoms with Crippen LogP contribution in [0.1, 0.15) is 24.1 Å². The molecular weight excluding hydrogens is 263 g/mol. The number of benzene rings is 1. The van der Waals surface area contributed by atoms with Crippen LogP contribution in [0.2, 0.25) is 0 Å². The number of hydrogen-bond donors (Lipinski definition) is 1. The number of alkyl halides is 3. The van der Waals surface area contributed by atoms with Gasteiger partial charge in [-0.1, -0.05) is 12.1 Å². The van der Waals surface area contributed by atoms with E-state index in [0.717, 1.165) is 11.1 Å². The van der Waals surface area contributed by atoms with E-state index in [4.69, 9.17) is 10.5 Å². The van der Waals surface area contributed by atoms with Crippen LogP contribution in [-0.2, 0) is 0 Å². The van der Waals surface area contributed by atoms with Gasteiger partial charge in [0.1, 0.15) is 5.75 Å². The van der Waals surface area contributed by atoms with Gasteiger partial charge in [0.15, 0.2) is 0 Å². The maximum atomic E-state index is 11.9. The van der Waals surface area contributed by atoms with E-state index in [1.807, 2.05) is 26.0 Å². The molecule has 18 heavy (non-hydrogen) atoms. The van der Waals surface area contributed by atoms with Gasteiger partial charge >= 0.3 is 5.51 Å². The molecule has 0 saturated heterocycles. The molecule has 0 aliphatic heterocycles. The number of rotatable bonds is 5. The number of aryl methyl sites for hydroxylation is 1. The van der Waals surface area contributed by atoms with Crippen LogP contribution >= 0.6 is 11.8 Å². The molecule has 0 aliphatic rings. The summed E-state index contributed by atoms with van der Waals surface area (Å²) in [4.78, 5) is 0. The molecule has 2 nitrogen and oxygen atoms in total. The third kappa shape index (κ3) is 5.18. The lowest BCUT2D eigenvalue weighted by Crippen LogP contribution is -2.11. The molecule has 1 rings (SSSR count). The van der Waals surface area contributed by atoms with Crippen molar-refractivity contribution in [3.63, 3.8) is 0 Å². The normalized spacial score (nSPS) is 13.4. The highest BCUT2D eigenvalue weighted by atomic mass is 32.2. The average Bonchev–Trinajstić information content (AvgIpc) is 2.22. The first-order valence-electron chi connectivity index (χ1n) is 5.49. The highest BCUT2D eigenvalue weighted by Crippen LogP contribution is 2.30. The third-order valence-electron chi connectivity index (χ3n) is 2.27. The summed E-state index contributed by atoms with van der Waals surface area (Å²) in [6.45, 7) is 3.71. The Hall–Kier alpha value is -0.880. The summed E-state index contributed by atoms with van der Waals surface area (Å²) in [7, 11) is 0. The zero-order valence-electron chi connectivity index (χ0n) is 10.3. The van der Waals surface area contributed by atoms with Crippen molar-refractivity contribution in [3.8, 4) is 5.75 Å². The van der Waals surface area contributed by atoms with E-state index in [0.29, 0.717) is 5.75 Å². The van der Waals surface area contributed by atoms with Crippen molar-refractivity contribution in [1.29, 1.82) is 0 Å². The number of ether oxygens (including phenoxy) is 1. The number of halogens is 3. The fourth-order valence-corrected chi connectivity index (χ4v) is 1.85. The van der Waals surface area contributed by atoms with Crippen LogP contribution in [0, 0.1) is 6.92 Å². The molecular formula is C12H16F3NOS. The molecule has 0 unspecified atom stereocenters. The first-order valence-corrected chi connectivity index (χ1v) is 6.48. The maximum absolute atomic E-state index is 11.9. The van der Waals surface area contributed by atoms with E-state index in [2.05, 4.69) is 0 Å². The van der Waals surface area contributed by atoms with Gasteiger partial charge in [-0.3, -0.25) is 0 Å². The second-order valence-corrected chi connectivity index (χ2v) is 5.13. The number of thioether (sulfide) groups is 1. The smallest absolute Gasteiger partial charge is 0.441 e. The van der Waals surface area contributed by atoms with E-state index in [1.165, 1.54) is 0 Å². The van der Waals surface area contributed by atoms with Crippen LogP contribution in [-0.4, -0.2) is 17.9 Å². The van der Waals surface area contributed by atoms with E-state index in [9.17, 15) is 13.2 Å². The molecule has 1 aromatic rings. The van der Waals surface area contributed by atoms with Crippen LogP contribution in [0.25, 0.3) is 0 Å². The van der Waals surface area contributed by atoms with Gasteiger partial charge < -0.3 is 10.5 Å². The summed E-state index contributed by atoms with van der Waals surface area (Å²) in [5, 5.41) is 0. The Bertz CT molecular complexity index is 393. The summed E-state index contributed by atoms with van der Waals surface area (Å²) in [6.07, 6.45) is 0. The van der Waals surface area contributed by atoms with Crippen molar-refractivity contribution < 1.29 is 17.9 Å². The number of nitrogens with two attached hydrogens (primary N) is 1. The van der Waals surface area contributed by atoms with Crippen LogP contribution in [0.15, 0.2) is 18.2 Å². The average molecular weight is 279 g/mol. The van der Waals surface area contributed by atoms with E-state index in [1.54, 1.807) is 6.07 Å². The summed E-state index contributed by atoms with van der Waals surface area (Å²) >= 11 is -0.0850. The van der Waals surface area contributed by atoms with Crippen LogP contribution in [0.3, 0.4) is 0 Å². The molecule has 1 aromatic carbocycles. The molecule has 0 heterocycles. The summed E-state index contributed by atoms with van der Waals surface area (Å²) in [5.41, 5.74) is 3.35. The molecule has 2 N–H and O–H groups in total. The minimum atomic E-state index is -4.21. The Labute approximate surface area is 109 Å².